The van der Waals surface area contributed by atoms with Gasteiger partial charge in [-0.1, -0.05) is 45.4 Å². The van der Waals surface area contributed by atoms with Gasteiger partial charge in [-0.15, -0.1) is 0 Å². The molecular weight excluding hydrogens is 224 g/mol. The van der Waals surface area contributed by atoms with Gasteiger partial charge in [-0.25, -0.2) is 0 Å². The van der Waals surface area contributed by atoms with E-state index < -0.39 is 0 Å². The molecule has 0 saturated heterocycles. The van der Waals surface area contributed by atoms with E-state index in [0.717, 1.165) is 45.2 Å². The Morgan fingerprint density at radius 3 is 2.22 bits per heavy atom. The first-order valence-electron chi connectivity index (χ1n) is 7.66. The Kier molecular flexibility index (Phi) is 12.5. The van der Waals surface area contributed by atoms with Crippen molar-refractivity contribution >= 4 is 5.91 Å². The van der Waals surface area contributed by atoms with Crippen LogP contribution < -0.4 is 5.73 Å². The van der Waals surface area contributed by atoms with Crippen LogP contribution in [0.5, 0.6) is 0 Å². The lowest BCUT2D eigenvalue weighted by Crippen LogP contribution is -2.27. The maximum atomic E-state index is 11.8. The molecule has 1 amide bonds. The SMILES string of the molecule is CCCCCCCCC(=O)N(C)CCCCCN. The first-order chi connectivity index (χ1) is 8.72. The van der Waals surface area contributed by atoms with Gasteiger partial charge in [0.25, 0.3) is 0 Å². The fourth-order valence-corrected chi connectivity index (χ4v) is 2.04. The summed E-state index contributed by atoms with van der Waals surface area (Å²) in [5.41, 5.74) is 5.44. The molecule has 0 atom stereocenters. The Labute approximate surface area is 113 Å². The van der Waals surface area contributed by atoms with Crippen LogP contribution >= 0.6 is 0 Å². The van der Waals surface area contributed by atoms with Gasteiger partial charge in [0.05, 0.1) is 0 Å². The third-order valence-corrected chi connectivity index (χ3v) is 3.37. The summed E-state index contributed by atoms with van der Waals surface area (Å²) in [6.45, 7) is 3.87. The van der Waals surface area contributed by atoms with Crippen molar-refractivity contribution in [1.29, 1.82) is 0 Å². The van der Waals surface area contributed by atoms with E-state index in [-0.39, 0.29) is 0 Å². The molecule has 0 fully saturated rings. The lowest BCUT2D eigenvalue weighted by atomic mass is 10.1. The molecule has 3 nitrogen and oxygen atoms in total. The molecule has 0 spiro atoms. The molecule has 0 bridgehead atoms. The third-order valence-electron chi connectivity index (χ3n) is 3.37. The van der Waals surface area contributed by atoms with E-state index in [1.165, 1.54) is 32.1 Å². The average Bonchev–Trinajstić information content (AvgIpc) is 2.38. The summed E-state index contributed by atoms with van der Waals surface area (Å²) < 4.78 is 0. The van der Waals surface area contributed by atoms with Crippen molar-refractivity contribution in [2.24, 2.45) is 5.73 Å². The molecule has 0 aromatic carbocycles. The van der Waals surface area contributed by atoms with E-state index in [0.29, 0.717) is 5.91 Å². The molecule has 0 aliphatic heterocycles. The monoisotopic (exact) mass is 256 g/mol. The predicted molar refractivity (Wildman–Crippen MR) is 78.5 cm³/mol. The Hall–Kier alpha value is -0.570. The van der Waals surface area contributed by atoms with Crippen LogP contribution in [0.2, 0.25) is 0 Å². The topological polar surface area (TPSA) is 46.3 Å². The van der Waals surface area contributed by atoms with Crippen LogP contribution in [0.1, 0.15) is 71.1 Å². The fourth-order valence-electron chi connectivity index (χ4n) is 2.04. The number of nitrogens with two attached hydrogens (primary N) is 1. The van der Waals surface area contributed by atoms with Crippen molar-refractivity contribution in [1.82, 2.24) is 4.90 Å². The summed E-state index contributed by atoms with van der Waals surface area (Å²) in [6, 6.07) is 0. The van der Waals surface area contributed by atoms with Gasteiger partial charge in [-0.05, 0) is 25.8 Å². The second-order valence-electron chi connectivity index (χ2n) is 5.18. The van der Waals surface area contributed by atoms with Gasteiger partial charge in [0.1, 0.15) is 0 Å². The van der Waals surface area contributed by atoms with E-state index in [1.54, 1.807) is 0 Å². The molecule has 0 aliphatic rings. The van der Waals surface area contributed by atoms with E-state index in [2.05, 4.69) is 6.92 Å². The fraction of sp³-hybridized carbons (Fsp3) is 0.933. The van der Waals surface area contributed by atoms with Gasteiger partial charge in [0.15, 0.2) is 0 Å². The minimum absolute atomic E-state index is 0.304. The lowest BCUT2D eigenvalue weighted by Gasteiger charge is -2.16. The van der Waals surface area contributed by atoms with Crippen LogP contribution in [0.4, 0.5) is 0 Å². The number of amides is 1. The van der Waals surface area contributed by atoms with Crippen molar-refractivity contribution in [2.45, 2.75) is 71.1 Å². The highest BCUT2D eigenvalue weighted by Crippen LogP contribution is 2.08. The second-order valence-corrected chi connectivity index (χ2v) is 5.18. The molecule has 0 unspecified atom stereocenters. The van der Waals surface area contributed by atoms with Gasteiger partial charge in [-0.2, -0.15) is 0 Å². The van der Waals surface area contributed by atoms with Gasteiger partial charge in [0, 0.05) is 20.0 Å². The van der Waals surface area contributed by atoms with Crippen LogP contribution in [0.3, 0.4) is 0 Å². The zero-order valence-corrected chi connectivity index (χ0v) is 12.4. The molecule has 0 aromatic heterocycles. The van der Waals surface area contributed by atoms with E-state index in [4.69, 9.17) is 5.73 Å². The summed E-state index contributed by atoms with van der Waals surface area (Å²) in [5, 5.41) is 0. The normalized spacial score (nSPS) is 10.6. The maximum absolute atomic E-state index is 11.8. The van der Waals surface area contributed by atoms with Crippen molar-refractivity contribution < 1.29 is 4.79 Å². The van der Waals surface area contributed by atoms with E-state index >= 15 is 0 Å². The Bertz CT molecular complexity index is 195. The molecule has 0 heterocycles. The molecule has 108 valence electrons. The highest BCUT2D eigenvalue weighted by Gasteiger charge is 2.07. The largest absolute Gasteiger partial charge is 0.346 e. The number of hydrogen-bond donors (Lipinski definition) is 1. The van der Waals surface area contributed by atoms with Crippen molar-refractivity contribution in [2.75, 3.05) is 20.1 Å². The zero-order chi connectivity index (χ0) is 13.6. The molecule has 3 heteroatoms. The molecular formula is C15H32N2O. The number of carbonyl (C=O) groups excluding carboxylic acids is 1. The second kappa shape index (κ2) is 12.9. The van der Waals surface area contributed by atoms with Crippen LogP contribution in [0.25, 0.3) is 0 Å². The smallest absolute Gasteiger partial charge is 0.222 e. The minimum Gasteiger partial charge on any atom is -0.346 e. The predicted octanol–water partition coefficient (Wildman–Crippen LogP) is 3.32. The standard InChI is InChI=1S/C15H32N2O/c1-3-4-5-6-7-9-12-15(18)17(2)14-11-8-10-13-16/h3-14,16H2,1-2H3. The van der Waals surface area contributed by atoms with Crippen LogP contribution in [0, 0.1) is 0 Å². The van der Waals surface area contributed by atoms with E-state index in [1.807, 2.05) is 11.9 Å². The van der Waals surface area contributed by atoms with Crippen molar-refractivity contribution in [3.63, 3.8) is 0 Å². The maximum Gasteiger partial charge on any atom is 0.222 e. The van der Waals surface area contributed by atoms with Gasteiger partial charge in [-0.3, -0.25) is 4.79 Å². The molecule has 0 aliphatic carbocycles. The first-order valence-corrected chi connectivity index (χ1v) is 7.66. The van der Waals surface area contributed by atoms with Crippen LogP contribution in [0.15, 0.2) is 0 Å². The van der Waals surface area contributed by atoms with Gasteiger partial charge < -0.3 is 10.6 Å². The number of rotatable bonds is 12. The number of nitrogens with zero attached hydrogens (tertiary/aromatic N) is 1. The average molecular weight is 256 g/mol. The summed E-state index contributed by atoms with van der Waals surface area (Å²) in [7, 11) is 1.92. The summed E-state index contributed by atoms with van der Waals surface area (Å²) in [5.74, 6) is 0.304. The number of unbranched alkanes of at least 4 members (excludes halogenated alkanes) is 7. The number of carbonyl (C=O) groups is 1. The van der Waals surface area contributed by atoms with E-state index in [9.17, 15) is 4.79 Å². The highest BCUT2D eigenvalue weighted by atomic mass is 16.2. The minimum atomic E-state index is 0.304. The Morgan fingerprint density at radius 1 is 0.944 bits per heavy atom. The Balaban J connectivity index is 3.38. The summed E-state index contributed by atoms with van der Waals surface area (Å²) in [6.07, 6.45) is 11.5. The van der Waals surface area contributed by atoms with Gasteiger partial charge >= 0.3 is 0 Å². The molecule has 2 N–H and O–H groups in total. The van der Waals surface area contributed by atoms with Crippen LogP contribution in [-0.4, -0.2) is 30.9 Å². The van der Waals surface area contributed by atoms with Crippen LogP contribution in [-0.2, 0) is 4.79 Å². The molecule has 18 heavy (non-hydrogen) atoms. The third kappa shape index (κ3) is 10.6. The summed E-state index contributed by atoms with van der Waals surface area (Å²) in [4.78, 5) is 13.7. The molecule has 0 saturated carbocycles. The van der Waals surface area contributed by atoms with Crippen molar-refractivity contribution in [3.05, 3.63) is 0 Å². The number of hydrogen-bond acceptors (Lipinski definition) is 2. The Morgan fingerprint density at radius 2 is 1.56 bits per heavy atom. The highest BCUT2D eigenvalue weighted by molar-refractivity contribution is 5.75. The first kappa shape index (κ1) is 17.4. The lowest BCUT2D eigenvalue weighted by molar-refractivity contribution is -0.130. The molecule has 0 aromatic rings. The summed E-state index contributed by atoms with van der Waals surface area (Å²) >= 11 is 0. The zero-order valence-electron chi connectivity index (χ0n) is 12.4. The molecule has 0 rings (SSSR count). The molecule has 0 radical (unpaired) electrons. The van der Waals surface area contributed by atoms with Gasteiger partial charge in [0.2, 0.25) is 5.91 Å². The quantitative estimate of drug-likeness (QED) is 0.544. The van der Waals surface area contributed by atoms with Crippen molar-refractivity contribution in [3.8, 4) is 0 Å².